The molecule has 1 aliphatic heterocycles. The maximum absolute atomic E-state index is 12.9. The molecule has 1 saturated heterocycles. The average Bonchev–Trinajstić information content (AvgIpc) is 3.36. The lowest BCUT2D eigenvalue weighted by atomic mass is 9.73. The molecule has 2 aliphatic rings. The quantitative estimate of drug-likeness (QED) is 0.552. The van der Waals surface area contributed by atoms with E-state index >= 15 is 0 Å². The van der Waals surface area contributed by atoms with Gasteiger partial charge in [-0.15, -0.1) is 0 Å². The van der Waals surface area contributed by atoms with Gasteiger partial charge in [-0.3, -0.25) is 9.78 Å². The maximum Gasteiger partial charge on any atom is 0.259 e. The van der Waals surface area contributed by atoms with Gasteiger partial charge in [-0.2, -0.15) is 4.98 Å². The van der Waals surface area contributed by atoms with Crippen LogP contribution in [0, 0.1) is 19.8 Å². The summed E-state index contributed by atoms with van der Waals surface area (Å²) >= 11 is 0. The molecule has 0 radical (unpaired) electrons. The van der Waals surface area contributed by atoms with Crippen LogP contribution in [-0.4, -0.2) is 44.2 Å². The molecule has 1 amide bonds. The van der Waals surface area contributed by atoms with Gasteiger partial charge in [0.15, 0.2) is 5.82 Å². The number of piperidine rings is 1. The molecular formula is C24H29N5O3. The lowest BCUT2D eigenvalue weighted by molar-refractivity contribution is -0.132. The van der Waals surface area contributed by atoms with E-state index in [1.165, 1.54) is 12.8 Å². The molecule has 0 N–H and O–H groups in total. The normalized spacial score (nSPS) is 18.1. The fourth-order valence-corrected chi connectivity index (χ4v) is 4.87. The van der Waals surface area contributed by atoms with Crippen molar-refractivity contribution in [3.05, 3.63) is 47.4 Å². The number of carbonyl (C=O) groups excluding carboxylic acids is 1. The van der Waals surface area contributed by atoms with Crippen LogP contribution in [-0.2, 0) is 16.6 Å². The third-order valence-electron chi connectivity index (χ3n) is 7.03. The molecule has 32 heavy (non-hydrogen) atoms. The summed E-state index contributed by atoms with van der Waals surface area (Å²) in [7, 11) is 0. The van der Waals surface area contributed by atoms with Crippen LogP contribution in [0.1, 0.15) is 61.4 Å². The SMILES string of the molecule is Cc1noc(C)c1CCC(=O)N1CCC(CC2CC2)(c2noc(-c3cccnc3)n2)CC1. The first-order chi connectivity index (χ1) is 15.5. The Morgan fingerprint density at radius 3 is 2.66 bits per heavy atom. The van der Waals surface area contributed by atoms with E-state index in [0.717, 1.165) is 66.7 Å². The Hall–Kier alpha value is -3.03. The highest BCUT2D eigenvalue weighted by atomic mass is 16.5. The largest absolute Gasteiger partial charge is 0.361 e. The molecule has 0 atom stereocenters. The van der Waals surface area contributed by atoms with Crippen molar-refractivity contribution in [3.63, 3.8) is 0 Å². The number of aryl methyl sites for hydroxylation is 2. The maximum atomic E-state index is 12.9. The van der Waals surface area contributed by atoms with E-state index in [2.05, 4.69) is 15.3 Å². The Morgan fingerprint density at radius 2 is 2.00 bits per heavy atom. The van der Waals surface area contributed by atoms with Gasteiger partial charge in [-0.25, -0.2) is 0 Å². The summed E-state index contributed by atoms with van der Waals surface area (Å²) < 4.78 is 10.8. The van der Waals surface area contributed by atoms with Crippen molar-refractivity contribution in [2.24, 2.45) is 5.92 Å². The molecule has 8 nitrogen and oxygen atoms in total. The van der Waals surface area contributed by atoms with E-state index in [4.69, 9.17) is 14.0 Å². The predicted molar refractivity (Wildman–Crippen MR) is 117 cm³/mol. The number of aromatic nitrogens is 4. The van der Waals surface area contributed by atoms with Crippen LogP contribution in [0.5, 0.6) is 0 Å². The minimum absolute atomic E-state index is 0.121. The second kappa shape index (κ2) is 8.48. The molecule has 4 heterocycles. The van der Waals surface area contributed by atoms with Crippen molar-refractivity contribution in [1.29, 1.82) is 0 Å². The summed E-state index contributed by atoms with van der Waals surface area (Å²) in [5.74, 6) is 3.03. The number of carbonyl (C=O) groups is 1. The molecule has 168 valence electrons. The van der Waals surface area contributed by atoms with Gasteiger partial charge in [0.25, 0.3) is 5.89 Å². The molecule has 2 fully saturated rings. The highest BCUT2D eigenvalue weighted by molar-refractivity contribution is 5.76. The van der Waals surface area contributed by atoms with Gasteiger partial charge >= 0.3 is 0 Å². The van der Waals surface area contributed by atoms with Gasteiger partial charge in [0, 0.05) is 42.9 Å². The van der Waals surface area contributed by atoms with Gasteiger partial charge in [0.1, 0.15) is 5.76 Å². The number of hydrogen-bond acceptors (Lipinski definition) is 7. The topological polar surface area (TPSA) is 98.2 Å². The second-order valence-electron chi connectivity index (χ2n) is 9.28. The summed E-state index contributed by atoms with van der Waals surface area (Å²) in [5, 5.41) is 8.38. The summed E-state index contributed by atoms with van der Waals surface area (Å²) in [6.07, 6.45) is 9.97. The summed E-state index contributed by atoms with van der Waals surface area (Å²) in [4.78, 5) is 23.8. The Morgan fingerprint density at radius 1 is 1.19 bits per heavy atom. The number of pyridine rings is 1. The van der Waals surface area contributed by atoms with Crippen LogP contribution < -0.4 is 0 Å². The van der Waals surface area contributed by atoms with Crippen LogP contribution in [0.3, 0.4) is 0 Å². The molecule has 0 aromatic carbocycles. The van der Waals surface area contributed by atoms with Gasteiger partial charge < -0.3 is 13.9 Å². The first-order valence-electron chi connectivity index (χ1n) is 11.5. The molecule has 0 unspecified atom stereocenters. The Labute approximate surface area is 187 Å². The first-order valence-corrected chi connectivity index (χ1v) is 11.5. The Bertz CT molecular complexity index is 1060. The Balaban J connectivity index is 1.26. The smallest absolute Gasteiger partial charge is 0.259 e. The van der Waals surface area contributed by atoms with Gasteiger partial charge in [0.05, 0.1) is 11.3 Å². The first kappa shape index (κ1) is 20.8. The van der Waals surface area contributed by atoms with Crippen LogP contribution in [0.25, 0.3) is 11.5 Å². The molecule has 3 aromatic heterocycles. The van der Waals surface area contributed by atoms with Crippen molar-refractivity contribution in [2.75, 3.05) is 13.1 Å². The van der Waals surface area contributed by atoms with Crippen molar-refractivity contribution >= 4 is 5.91 Å². The van der Waals surface area contributed by atoms with E-state index in [1.54, 1.807) is 12.4 Å². The highest BCUT2D eigenvalue weighted by Gasteiger charge is 2.44. The average molecular weight is 436 g/mol. The van der Waals surface area contributed by atoms with Gasteiger partial charge in [-0.05, 0) is 57.6 Å². The van der Waals surface area contributed by atoms with Crippen LogP contribution in [0.15, 0.2) is 33.6 Å². The van der Waals surface area contributed by atoms with Crippen molar-refractivity contribution in [1.82, 2.24) is 25.2 Å². The molecule has 1 saturated carbocycles. The molecule has 0 spiro atoms. The van der Waals surface area contributed by atoms with E-state index in [0.29, 0.717) is 18.7 Å². The molecule has 1 aliphatic carbocycles. The minimum Gasteiger partial charge on any atom is -0.361 e. The number of rotatable bonds is 7. The van der Waals surface area contributed by atoms with Gasteiger partial charge in [-0.1, -0.05) is 23.2 Å². The zero-order valence-electron chi connectivity index (χ0n) is 18.7. The van der Waals surface area contributed by atoms with E-state index in [1.807, 2.05) is 30.9 Å². The van der Waals surface area contributed by atoms with E-state index < -0.39 is 0 Å². The lowest BCUT2D eigenvalue weighted by Crippen LogP contribution is -2.46. The van der Waals surface area contributed by atoms with Crippen LogP contribution in [0.4, 0.5) is 0 Å². The van der Waals surface area contributed by atoms with Crippen molar-refractivity contribution in [3.8, 4) is 11.5 Å². The molecular weight excluding hydrogens is 406 g/mol. The fraction of sp³-hybridized carbons (Fsp3) is 0.542. The third kappa shape index (κ3) is 4.18. The standard InChI is InChI=1S/C24H29N5O3/c1-16-20(17(2)31-27-16)7-8-21(30)29-12-9-24(10-13-29,14-18-5-6-18)23-26-22(32-28-23)19-4-3-11-25-15-19/h3-4,11,15,18H,5-10,12-14H2,1-2H3. The number of likely N-dealkylation sites (tertiary alicyclic amines) is 1. The van der Waals surface area contributed by atoms with E-state index in [9.17, 15) is 4.79 Å². The van der Waals surface area contributed by atoms with Gasteiger partial charge in [0.2, 0.25) is 5.91 Å². The predicted octanol–water partition coefficient (Wildman–Crippen LogP) is 4.03. The summed E-state index contributed by atoms with van der Waals surface area (Å²) in [5.41, 5.74) is 2.63. The summed E-state index contributed by atoms with van der Waals surface area (Å²) in [6.45, 7) is 5.28. The lowest BCUT2D eigenvalue weighted by Gasteiger charge is -2.40. The molecule has 3 aromatic rings. The fourth-order valence-electron chi connectivity index (χ4n) is 4.87. The van der Waals surface area contributed by atoms with Crippen LogP contribution >= 0.6 is 0 Å². The minimum atomic E-state index is -0.121. The number of amides is 1. The molecule has 0 bridgehead atoms. The molecule has 5 rings (SSSR count). The highest BCUT2D eigenvalue weighted by Crippen LogP contribution is 2.46. The summed E-state index contributed by atoms with van der Waals surface area (Å²) in [6, 6.07) is 3.80. The second-order valence-corrected chi connectivity index (χ2v) is 9.28. The van der Waals surface area contributed by atoms with Crippen molar-refractivity contribution in [2.45, 2.75) is 64.2 Å². The van der Waals surface area contributed by atoms with E-state index in [-0.39, 0.29) is 11.3 Å². The number of nitrogens with zero attached hydrogens (tertiary/aromatic N) is 5. The van der Waals surface area contributed by atoms with Crippen molar-refractivity contribution < 1.29 is 13.8 Å². The zero-order valence-corrected chi connectivity index (χ0v) is 18.7. The molecule has 8 heteroatoms. The number of hydrogen-bond donors (Lipinski definition) is 0. The Kier molecular flexibility index (Phi) is 5.53. The van der Waals surface area contributed by atoms with Crippen LogP contribution in [0.2, 0.25) is 0 Å². The zero-order chi connectivity index (χ0) is 22.1. The monoisotopic (exact) mass is 435 g/mol. The third-order valence-corrected chi connectivity index (χ3v) is 7.03.